The second-order valence-electron chi connectivity index (χ2n) is 4.43. The maximum atomic E-state index is 12.0. The highest BCUT2D eigenvalue weighted by Crippen LogP contribution is 2.27. The average Bonchev–Trinajstić information content (AvgIpc) is 2.46. The summed E-state index contributed by atoms with van der Waals surface area (Å²) in [5.74, 6) is 0.0452. The smallest absolute Gasteiger partial charge is 0.268 e. The highest BCUT2D eigenvalue weighted by atomic mass is 32.2. The number of methoxy groups -OCH3 is 1. The van der Waals surface area contributed by atoms with Gasteiger partial charge >= 0.3 is 0 Å². The van der Waals surface area contributed by atoms with Crippen LogP contribution in [0.1, 0.15) is 10.4 Å². The Morgan fingerprint density at radius 1 is 1.18 bits per heavy atom. The number of carbonyl (C=O) groups is 1. The summed E-state index contributed by atoms with van der Waals surface area (Å²) in [5, 5.41) is 2.97. The molecule has 2 aromatic rings. The molecule has 2 rings (SSSR count). The quantitative estimate of drug-likeness (QED) is 0.866. The standard InChI is InChI=1S/C14H15N3O4S/c1-21-12-8-4-3-7-11(12)16-13-10(6-5-9-15-13)14(18)17-22(2,19)20/h3-9H,1-2H3,(H,15,16)(H,17,18). The molecule has 1 heterocycles. The van der Waals surface area contributed by atoms with E-state index in [0.29, 0.717) is 11.4 Å². The van der Waals surface area contributed by atoms with E-state index >= 15 is 0 Å². The number of amides is 1. The number of anilines is 2. The third-order valence-electron chi connectivity index (χ3n) is 2.69. The monoisotopic (exact) mass is 321 g/mol. The number of hydrogen-bond donors (Lipinski definition) is 2. The van der Waals surface area contributed by atoms with Gasteiger partial charge < -0.3 is 10.1 Å². The molecular weight excluding hydrogens is 306 g/mol. The van der Waals surface area contributed by atoms with Crippen LogP contribution in [0.25, 0.3) is 0 Å². The molecule has 22 heavy (non-hydrogen) atoms. The summed E-state index contributed by atoms with van der Waals surface area (Å²) in [7, 11) is -2.13. The van der Waals surface area contributed by atoms with Gasteiger partial charge in [-0.3, -0.25) is 4.79 Å². The lowest BCUT2D eigenvalue weighted by Crippen LogP contribution is -2.30. The van der Waals surface area contributed by atoms with Crippen molar-refractivity contribution in [2.45, 2.75) is 0 Å². The zero-order valence-corrected chi connectivity index (χ0v) is 12.8. The molecule has 0 atom stereocenters. The van der Waals surface area contributed by atoms with Gasteiger partial charge in [0.15, 0.2) is 0 Å². The summed E-state index contributed by atoms with van der Waals surface area (Å²) >= 11 is 0. The number of aromatic nitrogens is 1. The Morgan fingerprint density at radius 2 is 1.91 bits per heavy atom. The van der Waals surface area contributed by atoms with Gasteiger partial charge in [0.25, 0.3) is 5.91 Å². The van der Waals surface area contributed by atoms with E-state index in [-0.39, 0.29) is 11.4 Å². The summed E-state index contributed by atoms with van der Waals surface area (Å²) < 4.78 is 29.5. The van der Waals surface area contributed by atoms with Crippen LogP contribution in [0.5, 0.6) is 5.75 Å². The Bertz CT molecular complexity index is 790. The van der Waals surface area contributed by atoms with Crippen LogP contribution in [-0.4, -0.2) is 32.7 Å². The number of pyridine rings is 1. The van der Waals surface area contributed by atoms with Crippen LogP contribution in [0.3, 0.4) is 0 Å². The molecule has 0 unspecified atom stereocenters. The van der Waals surface area contributed by atoms with Gasteiger partial charge in [-0.05, 0) is 24.3 Å². The summed E-state index contributed by atoms with van der Waals surface area (Å²) in [6.45, 7) is 0. The van der Waals surface area contributed by atoms with Crippen molar-refractivity contribution in [2.24, 2.45) is 0 Å². The van der Waals surface area contributed by atoms with E-state index in [4.69, 9.17) is 4.74 Å². The number of carbonyl (C=O) groups excluding carboxylic acids is 1. The van der Waals surface area contributed by atoms with Crippen LogP contribution in [0, 0.1) is 0 Å². The molecule has 0 aliphatic rings. The molecule has 1 aromatic heterocycles. The van der Waals surface area contributed by atoms with E-state index in [1.54, 1.807) is 30.3 Å². The van der Waals surface area contributed by atoms with E-state index in [2.05, 4.69) is 10.3 Å². The molecule has 0 radical (unpaired) electrons. The molecule has 0 fully saturated rings. The van der Waals surface area contributed by atoms with E-state index < -0.39 is 15.9 Å². The Labute approximate surface area is 128 Å². The molecule has 0 saturated heterocycles. The SMILES string of the molecule is COc1ccccc1Nc1ncccc1C(=O)NS(C)(=O)=O. The second-order valence-corrected chi connectivity index (χ2v) is 6.18. The molecule has 1 aromatic carbocycles. The van der Waals surface area contributed by atoms with E-state index in [0.717, 1.165) is 6.26 Å². The predicted molar refractivity (Wildman–Crippen MR) is 82.8 cm³/mol. The van der Waals surface area contributed by atoms with Gasteiger partial charge in [-0.25, -0.2) is 18.1 Å². The van der Waals surface area contributed by atoms with Gasteiger partial charge in [0.2, 0.25) is 10.0 Å². The summed E-state index contributed by atoms with van der Waals surface area (Å²) in [5.41, 5.74) is 0.718. The Morgan fingerprint density at radius 3 is 2.59 bits per heavy atom. The molecule has 116 valence electrons. The molecule has 2 N–H and O–H groups in total. The fourth-order valence-electron chi connectivity index (χ4n) is 1.79. The molecule has 7 nitrogen and oxygen atoms in total. The first-order chi connectivity index (χ1) is 10.4. The van der Waals surface area contributed by atoms with E-state index in [1.807, 2.05) is 4.72 Å². The first-order valence-corrected chi connectivity index (χ1v) is 8.17. The zero-order valence-electron chi connectivity index (χ0n) is 12.0. The van der Waals surface area contributed by atoms with Crippen molar-refractivity contribution < 1.29 is 17.9 Å². The van der Waals surface area contributed by atoms with Gasteiger partial charge in [-0.2, -0.15) is 0 Å². The van der Waals surface area contributed by atoms with Crippen LogP contribution in [0.15, 0.2) is 42.6 Å². The van der Waals surface area contributed by atoms with Gasteiger partial charge in [0.1, 0.15) is 11.6 Å². The minimum absolute atomic E-state index is 0.110. The Kier molecular flexibility index (Phi) is 4.62. The summed E-state index contributed by atoms with van der Waals surface area (Å²) in [6, 6.07) is 10.1. The number of nitrogens with zero attached hydrogens (tertiary/aromatic N) is 1. The number of hydrogen-bond acceptors (Lipinski definition) is 6. The fraction of sp³-hybridized carbons (Fsp3) is 0.143. The molecule has 0 bridgehead atoms. The minimum atomic E-state index is -3.65. The number of sulfonamides is 1. The molecular formula is C14H15N3O4S. The fourth-order valence-corrected chi connectivity index (χ4v) is 2.23. The van der Waals surface area contributed by atoms with Crippen molar-refractivity contribution in [2.75, 3.05) is 18.7 Å². The van der Waals surface area contributed by atoms with Crippen LogP contribution in [0.4, 0.5) is 11.5 Å². The zero-order chi connectivity index (χ0) is 16.2. The molecule has 1 amide bonds. The van der Waals surface area contributed by atoms with Crippen LogP contribution in [0.2, 0.25) is 0 Å². The van der Waals surface area contributed by atoms with Gasteiger partial charge in [-0.1, -0.05) is 12.1 Å². The summed E-state index contributed by atoms with van der Waals surface area (Å²) in [4.78, 5) is 16.1. The van der Waals surface area contributed by atoms with Crippen LogP contribution in [-0.2, 0) is 10.0 Å². The summed E-state index contributed by atoms with van der Waals surface area (Å²) in [6.07, 6.45) is 2.41. The Balaban J connectivity index is 2.35. The van der Waals surface area contributed by atoms with Crippen molar-refractivity contribution in [3.8, 4) is 5.75 Å². The van der Waals surface area contributed by atoms with Crippen molar-refractivity contribution in [3.05, 3.63) is 48.2 Å². The largest absolute Gasteiger partial charge is 0.495 e. The maximum absolute atomic E-state index is 12.0. The van der Waals surface area contributed by atoms with Gasteiger partial charge in [-0.15, -0.1) is 0 Å². The lowest BCUT2D eigenvalue weighted by molar-refractivity contribution is 0.0982. The molecule has 0 aliphatic heterocycles. The minimum Gasteiger partial charge on any atom is -0.495 e. The van der Waals surface area contributed by atoms with Crippen LogP contribution < -0.4 is 14.8 Å². The topological polar surface area (TPSA) is 97.4 Å². The number of para-hydroxylation sites is 2. The third-order valence-corrected chi connectivity index (χ3v) is 3.25. The highest BCUT2D eigenvalue weighted by Gasteiger charge is 2.16. The van der Waals surface area contributed by atoms with Crippen molar-refractivity contribution >= 4 is 27.4 Å². The second kappa shape index (κ2) is 6.44. The normalized spacial score (nSPS) is 10.8. The first-order valence-electron chi connectivity index (χ1n) is 6.28. The number of nitrogens with one attached hydrogen (secondary N) is 2. The third kappa shape index (κ3) is 3.95. The Hall–Kier alpha value is -2.61. The van der Waals surface area contributed by atoms with Crippen molar-refractivity contribution in [1.29, 1.82) is 0 Å². The number of ether oxygens (including phenoxy) is 1. The molecule has 8 heteroatoms. The number of rotatable bonds is 5. The predicted octanol–water partition coefficient (Wildman–Crippen LogP) is 1.52. The first kappa shape index (κ1) is 15.8. The van der Waals surface area contributed by atoms with E-state index in [9.17, 15) is 13.2 Å². The molecule has 0 aliphatic carbocycles. The molecule has 0 spiro atoms. The highest BCUT2D eigenvalue weighted by molar-refractivity contribution is 7.89. The lowest BCUT2D eigenvalue weighted by Gasteiger charge is -2.13. The van der Waals surface area contributed by atoms with Gasteiger partial charge in [0.05, 0.1) is 24.6 Å². The average molecular weight is 321 g/mol. The van der Waals surface area contributed by atoms with Crippen molar-refractivity contribution in [1.82, 2.24) is 9.71 Å². The molecule has 0 saturated carbocycles. The van der Waals surface area contributed by atoms with Crippen molar-refractivity contribution in [3.63, 3.8) is 0 Å². The number of benzene rings is 1. The van der Waals surface area contributed by atoms with E-state index in [1.165, 1.54) is 19.4 Å². The van der Waals surface area contributed by atoms with Crippen LogP contribution >= 0.6 is 0 Å². The lowest BCUT2D eigenvalue weighted by atomic mass is 10.2. The van der Waals surface area contributed by atoms with Gasteiger partial charge in [0, 0.05) is 6.20 Å². The maximum Gasteiger partial charge on any atom is 0.268 e.